The number of aryl methyl sites for hydroxylation is 1. The second-order valence-corrected chi connectivity index (χ2v) is 11.1. The van der Waals surface area contributed by atoms with Crippen molar-refractivity contribution in [1.82, 2.24) is 15.0 Å². The van der Waals surface area contributed by atoms with Crippen LogP contribution in [0.1, 0.15) is 97.2 Å². The number of aromatic nitrogens is 3. The number of nitrogens with zero attached hydrogens (tertiary/aromatic N) is 3. The van der Waals surface area contributed by atoms with Gasteiger partial charge in [0.05, 0.1) is 35.0 Å². The van der Waals surface area contributed by atoms with E-state index < -0.39 is 5.60 Å². The molecule has 7 nitrogen and oxygen atoms in total. The predicted octanol–water partition coefficient (Wildman–Crippen LogP) is 6.05. The van der Waals surface area contributed by atoms with Crippen molar-refractivity contribution in [2.45, 2.75) is 93.7 Å². The molecule has 1 unspecified atom stereocenters. The zero-order valence-electron chi connectivity index (χ0n) is 26.1. The molecule has 0 aliphatic heterocycles. The molecule has 0 fully saturated rings. The third kappa shape index (κ3) is 12.1. The molecule has 1 atom stereocenters. The maximum Gasteiger partial charge on any atom is 0.230 e. The number of rotatable bonds is 7. The molecule has 3 rings (SSSR count). The highest BCUT2D eigenvalue weighted by Crippen LogP contribution is 2.24. The van der Waals surface area contributed by atoms with E-state index in [4.69, 9.17) is 0 Å². The van der Waals surface area contributed by atoms with Gasteiger partial charge in [-0.3, -0.25) is 14.8 Å². The Hall–Kier alpha value is -3.58. The van der Waals surface area contributed by atoms with Crippen molar-refractivity contribution in [3.05, 3.63) is 75.8 Å². The van der Waals surface area contributed by atoms with Crippen LogP contribution in [-0.2, 0) is 16.8 Å². The third-order valence-corrected chi connectivity index (χ3v) is 5.42. The fourth-order valence-electron chi connectivity index (χ4n) is 3.49. The first-order chi connectivity index (χ1) is 18.7. The van der Waals surface area contributed by atoms with Crippen molar-refractivity contribution in [2.24, 2.45) is 5.92 Å². The summed E-state index contributed by atoms with van der Waals surface area (Å²) in [5.41, 5.74) is 3.22. The van der Waals surface area contributed by atoms with Gasteiger partial charge in [-0.05, 0) is 69.9 Å². The van der Waals surface area contributed by atoms with Crippen LogP contribution in [0.4, 0.5) is 11.5 Å². The Balaban J connectivity index is 0.00000103. The van der Waals surface area contributed by atoms with Gasteiger partial charge in [-0.15, -0.1) is 0 Å². The zero-order valence-corrected chi connectivity index (χ0v) is 26.1. The molecule has 1 aromatic carbocycles. The quantitative estimate of drug-likeness (QED) is 0.333. The number of amides is 1. The molecule has 1 amide bonds. The van der Waals surface area contributed by atoms with Crippen LogP contribution in [0.15, 0.2) is 42.7 Å². The Morgan fingerprint density at radius 3 is 2.20 bits per heavy atom. The second kappa shape index (κ2) is 16.5. The number of hydrogen-bond donors (Lipinski definition) is 3. The summed E-state index contributed by atoms with van der Waals surface area (Å²) in [6.07, 6.45) is 6.56. The first kappa shape index (κ1) is 34.4. The van der Waals surface area contributed by atoms with Gasteiger partial charge in [0.1, 0.15) is 5.82 Å². The van der Waals surface area contributed by atoms with E-state index in [1.165, 1.54) is 6.42 Å². The average molecular weight is 548 g/mol. The van der Waals surface area contributed by atoms with Crippen LogP contribution in [0.5, 0.6) is 0 Å². The minimum absolute atomic E-state index is 0.0527. The van der Waals surface area contributed by atoms with Crippen molar-refractivity contribution in [2.75, 3.05) is 10.6 Å². The maximum atomic E-state index is 12.6. The van der Waals surface area contributed by atoms with Crippen molar-refractivity contribution in [1.29, 1.82) is 0 Å². The van der Waals surface area contributed by atoms with Crippen LogP contribution >= 0.6 is 0 Å². The molecule has 2 heterocycles. The fourth-order valence-corrected chi connectivity index (χ4v) is 3.49. The zero-order chi connectivity index (χ0) is 30.5. The van der Waals surface area contributed by atoms with Crippen LogP contribution < -0.4 is 21.3 Å². The molecule has 0 saturated heterocycles. The number of carbonyl (C=O) groups is 1. The molecule has 0 bridgehead atoms. The molecule has 7 heteroatoms. The topological polar surface area (TPSA) is 100 Å². The van der Waals surface area contributed by atoms with E-state index >= 15 is 0 Å². The molecule has 0 saturated carbocycles. The molecule has 0 radical (unpaired) electrons. The molecular weight excluding hydrogens is 498 g/mol. The normalized spacial score (nSPS) is 12.1. The average Bonchev–Trinajstić information content (AvgIpc) is 2.85. The highest BCUT2D eigenvalue weighted by molar-refractivity contribution is 5.92. The van der Waals surface area contributed by atoms with Gasteiger partial charge < -0.3 is 15.7 Å². The van der Waals surface area contributed by atoms with Crippen molar-refractivity contribution >= 4 is 30.1 Å². The Morgan fingerprint density at radius 1 is 1.07 bits per heavy atom. The lowest BCUT2D eigenvalue weighted by Gasteiger charge is -2.18. The van der Waals surface area contributed by atoms with Gasteiger partial charge in [0.15, 0.2) is 0 Å². The van der Waals surface area contributed by atoms with Crippen LogP contribution in [0.2, 0.25) is 0 Å². The van der Waals surface area contributed by atoms with E-state index in [0.29, 0.717) is 28.1 Å². The molecule has 0 aliphatic rings. The first-order valence-electron chi connectivity index (χ1n) is 14.0. The van der Waals surface area contributed by atoms with Gasteiger partial charge in [-0.1, -0.05) is 65.8 Å². The minimum Gasteiger partial charge on any atom is -0.386 e. The summed E-state index contributed by atoms with van der Waals surface area (Å²) in [4.78, 5) is 25.7. The SMILES string of the molecule is C=c1nc(NC(C)c2cc(NC(=O)Cc3ccc(C(C)(C)O)cn3)ccc2C)cn/c1=C/C.CC(C)C.CCC. The van der Waals surface area contributed by atoms with Crippen molar-refractivity contribution < 1.29 is 9.90 Å². The van der Waals surface area contributed by atoms with Gasteiger partial charge in [-0.25, -0.2) is 4.98 Å². The van der Waals surface area contributed by atoms with Crippen molar-refractivity contribution in [3.8, 4) is 0 Å². The first-order valence-corrected chi connectivity index (χ1v) is 14.0. The fraction of sp³-hybridized carbons (Fsp3) is 0.455. The summed E-state index contributed by atoms with van der Waals surface area (Å²) in [6, 6.07) is 9.32. The molecule has 2 aromatic heterocycles. The molecule has 0 spiro atoms. The Bertz CT molecular complexity index is 1310. The highest BCUT2D eigenvalue weighted by Gasteiger charge is 2.17. The van der Waals surface area contributed by atoms with E-state index in [1.54, 1.807) is 38.4 Å². The Morgan fingerprint density at radius 2 is 1.70 bits per heavy atom. The van der Waals surface area contributed by atoms with Gasteiger partial charge in [0.2, 0.25) is 5.91 Å². The largest absolute Gasteiger partial charge is 0.386 e. The summed E-state index contributed by atoms with van der Waals surface area (Å²) in [5.74, 6) is 1.32. The van der Waals surface area contributed by atoms with Gasteiger partial charge in [-0.2, -0.15) is 0 Å². The summed E-state index contributed by atoms with van der Waals surface area (Å²) in [5, 5.41) is 17.7. The van der Waals surface area contributed by atoms with E-state index in [0.717, 1.165) is 22.4 Å². The lowest BCUT2D eigenvalue weighted by Crippen LogP contribution is -2.30. The standard InChI is InChI=1S/C26H31N5O2.C4H10.C3H8/c1-7-23-18(4)30-24(15-28-23)29-17(3)22-12-21(10-8-16(22)2)31-25(32)13-20-11-9-19(14-27-20)26(5,6)33;1-4(2)3;1-3-2/h7-12,14-15,17,33H,4,13H2,1-3,5-6H3,(H,29,30)(H,31,32);4H,1-3H3;3H2,1-2H3/b23-7+;;. The highest BCUT2D eigenvalue weighted by atomic mass is 16.3. The molecular formula is C33H49N5O2. The third-order valence-electron chi connectivity index (χ3n) is 5.42. The van der Waals surface area contributed by atoms with Crippen LogP contribution in [-0.4, -0.2) is 26.0 Å². The second-order valence-electron chi connectivity index (χ2n) is 11.1. The van der Waals surface area contributed by atoms with E-state index in [-0.39, 0.29) is 18.4 Å². The Kier molecular flexibility index (Phi) is 14.2. The predicted molar refractivity (Wildman–Crippen MR) is 168 cm³/mol. The Labute approximate surface area is 240 Å². The van der Waals surface area contributed by atoms with Crippen LogP contribution in [0.3, 0.4) is 0 Å². The summed E-state index contributed by atoms with van der Waals surface area (Å²) in [6.45, 7) is 24.0. The number of hydrogen-bond acceptors (Lipinski definition) is 6. The van der Waals surface area contributed by atoms with E-state index in [2.05, 4.69) is 66.8 Å². The number of carbonyl (C=O) groups excluding carboxylic acids is 1. The number of aliphatic hydroxyl groups is 1. The lowest BCUT2D eigenvalue weighted by molar-refractivity contribution is -0.115. The monoisotopic (exact) mass is 547 g/mol. The van der Waals surface area contributed by atoms with Crippen molar-refractivity contribution in [3.63, 3.8) is 0 Å². The summed E-state index contributed by atoms with van der Waals surface area (Å²) < 4.78 is 0. The smallest absolute Gasteiger partial charge is 0.230 e. The number of pyridine rings is 1. The summed E-state index contributed by atoms with van der Waals surface area (Å²) in [7, 11) is 0. The lowest BCUT2D eigenvalue weighted by atomic mass is 10.00. The maximum absolute atomic E-state index is 12.6. The molecule has 218 valence electrons. The van der Waals surface area contributed by atoms with E-state index in [9.17, 15) is 9.90 Å². The number of nitrogens with one attached hydrogen (secondary N) is 2. The molecule has 3 aromatic rings. The number of anilines is 2. The number of benzene rings is 1. The van der Waals surface area contributed by atoms with Crippen LogP contribution in [0, 0.1) is 12.8 Å². The summed E-state index contributed by atoms with van der Waals surface area (Å²) >= 11 is 0. The van der Waals surface area contributed by atoms with E-state index in [1.807, 2.05) is 45.0 Å². The van der Waals surface area contributed by atoms with Gasteiger partial charge >= 0.3 is 0 Å². The van der Waals surface area contributed by atoms with Gasteiger partial charge in [0, 0.05) is 23.1 Å². The van der Waals surface area contributed by atoms with Crippen LogP contribution in [0.25, 0.3) is 12.7 Å². The molecule has 3 N–H and O–H groups in total. The molecule has 0 aliphatic carbocycles. The minimum atomic E-state index is -0.964. The molecule has 40 heavy (non-hydrogen) atoms. The van der Waals surface area contributed by atoms with Gasteiger partial charge in [0.25, 0.3) is 0 Å².